The van der Waals surface area contributed by atoms with Crippen molar-refractivity contribution in [2.45, 2.75) is 11.3 Å². The van der Waals surface area contributed by atoms with E-state index in [-0.39, 0.29) is 23.2 Å². The van der Waals surface area contributed by atoms with Gasteiger partial charge < -0.3 is 4.42 Å². The lowest BCUT2D eigenvalue weighted by atomic mass is 10.2. The molecule has 0 radical (unpaired) electrons. The van der Waals surface area contributed by atoms with Gasteiger partial charge in [-0.3, -0.25) is 10.1 Å². The van der Waals surface area contributed by atoms with E-state index >= 15 is 0 Å². The van der Waals surface area contributed by atoms with Crippen molar-refractivity contribution in [1.29, 1.82) is 0 Å². The minimum atomic E-state index is -3.72. The van der Waals surface area contributed by atoms with Crippen LogP contribution in [0.5, 0.6) is 0 Å². The fraction of sp³-hybridized carbons (Fsp3) is 0.118. The molecule has 0 spiro atoms. The lowest BCUT2D eigenvalue weighted by molar-refractivity contribution is -0.115. The topological polar surface area (TPSA) is 102 Å². The molecule has 0 aliphatic heterocycles. The van der Waals surface area contributed by atoms with E-state index in [1.807, 2.05) is 0 Å². The van der Waals surface area contributed by atoms with Crippen molar-refractivity contribution in [1.82, 2.24) is 10.2 Å². The van der Waals surface area contributed by atoms with Gasteiger partial charge in [0, 0.05) is 6.42 Å². The highest BCUT2D eigenvalue weighted by Gasteiger charge is 2.18. The average molecular weight is 410 g/mol. The summed E-state index contributed by atoms with van der Waals surface area (Å²) in [5.74, 6) is -1.49. The summed E-state index contributed by atoms with van der Waals surface area (Å²) in [4.78, 5) is 11.9. The molecule has 10 heteroatoms. The Balaban J connectivity index is 1.62. The number of anilines is 1. The van der Waals surface area contributed by atoms with Crippen LogP contribution >= 0.6 is 11.6 Å². The molecule has 0 atom stereocenters. The van der Waals surface area contributed by atoms with Gasteiger partial charge in [0.25, 0.3) is 5.89 Å². The molecule has 3 aromatic rings. The first-order valence-corrected chi connectivity index (χ1v) is 9.75. The number of benzene rings is 2. The summed E-state index contributed by atoms with van der Waals surface area (Å²) in [6.45, 7) is 0. The maximum absolute atomic E-state index is 12.9. The van der Waals surface area contributed by atoms with Gasteiger partial charge in [-0.2, -0.15) is 0 Å². The number of carbonyl (C=O) groups excluding carboxylic acids is 1. The lowest BCUT2D eigenvalue weighted by Crippen LogP contribution is -2.17. The smallest absolute Gasteiger partial charge is 0.322 e. The van der Waals surface area contributed by atoms with Gasteiger partial charge >= 0.3 is 6.01 Å². The first-order chi connectivity index (χ1) is 12.8. The van der Waals surface area contributed by atoms with Crippen LogP contribution in [0.15, 0.2) is 57.8 Å². The molecule has 1 N–H and O–H groups in total. The molecule has 0 aliphatic rings. The standard InChI is InChI=1S/C17H13ClFN3O4S/c18-14-4-2-1-3-13(14)16-21-22-17(26-16)20-15(23)9-10-27(24,25)12-7-5-11(19)6-8-12/h1-8H,9-10H2,(H,20,22,23). The van der Waals surface area contributed by atoms with Crippen molar-refractivity contribution < 1.29 is 22.0 Å². The number of rotatable bonds is 6. The van der Waals surface area contributed by atoms with E-state index in [0.717, 1.165) is 24.3 Å². The summed E-state index contributed by atoms with van der Waals surface area (Å²) < 4.78 is 42.5. The van der Waals surface area contributed by atoms with E-state index in [1.54, 1.807) is 24.3 Å². The highest BCUT2D eigenvalue weighted by Crippen LogP contribution is 2.27. The number of hydrogen-bond acceptors (Lipinski definition) is 6. The summed E-state index contributed by atoms with van der Waals surface area (Å²) >= 11 is 6.04. The normalized spacial score (nSPS) is 11.3. The minimum Gasteiger partial charge on any atom is -0.403 e. The third-order valence-corrected chi connectivity index (χ3v) is 5.61. The van der Waals surface area contributed by atoms with Gasteiger partial charge in [-0.15, -0.1) is 5.10 Å². The van der Waals surface area contributed by atoms with E-state index in [0.29, 0.717) is 10.6 Å². The molecule has 0 fully saturated rings. The van der Waals surface area contributed by atoms with Gasteiger partial charge in [0.05, 0.1) is 21.2 Å². The summed E-state index contributed by atoms with van der Waals surface area (Å²) in [7, 11) is -3.72. The van der Waals surface area contributed by atoms with Crippen molar-refractivity contribution in [3.05, 3.63) is 59.4 Å². The molecule has 0 saturated carbocycles. The first-order valence-electron chi connectivity index (χ1n) is 7.72. The van der Waals surface area contributed by atoms with Crippen LogP contribution in [0.2, 0.25) is 5.02 Å². The number of nitrogens with zero attached hydrogens (tertiary/aromatic N) is 2. The molecule has 27 heavy (non-hydrogen) atoms. The molecule has 3 rings (SSSR count). The van der Waals surface area contributed by atoms with Crippen LogP contribution in [-0.4, -0.2) is 30.3 Å². The summed E-state index contributed by atoms with van der Waals surface area (Å²) in [5, 5.41) is 10.2. The third-order valence-electron chi connectivity index (χ3n) is 3.55. The fourth-order valence-corrected chi connectivity index (χ4v) is 3.64. The molecule has 0 bridgehead atoms. The van der Waals surface area contributed by atoms with Crippen LogP contribution in [-0.2, 0) is 14.6 Å². The van der Waals surface area contributed by atoms with Crippen molar-refractivity contribution in [3.63, 3.8) is 0 Å². The predicted octanol–water partition coefficient (Wildman–Crippen LogP) is 3.33. The van der Waals surface area contributed by atoms with Gasteiger partial charge in [0.15, 0.2) is 9.84 Å². The lowest BCUT2D eigenvalue weighted by Gasteiger charge is -2.04. The van der Waals surface area contributed by atoms with E-state index in [2.05, 4.69) is 15.5 Å². The van der Waals surface area contributed by atoms with Crippen LogP contribution in [0, 0.1) is 5.82 Å². The Kier molecular flexibility index (Phi) is 5.52. The van der Waals surface area contributed by atoms with E-state index in [1.165, 1.54) is 0 Å². The average Bonchev–Trinajstić information content (AvgIpc) is 3.09. The zero-order valence-corrected chi connectivity index (χ0v) is 15.3. The van der Waals surface area contributed by atoms with Gasteiger partial charge in [-0.1, -0.05) is 28.8 Å². The summed E-state index contributed by atoms with van der Waals surface area (Å²) in [5.41, 5.74) is 0.506. The van der Waals surface area contributed by atoms with Gasteiger partial charge in [0.1, 0.15) is 5.82 Å². The van der Waals surface area contributed by atoms with Crippen LogP contribution in [0.3, 0.4) is 0 Å². The van der Waals surface area contributed by atoms with Crippen molar-refractivity contribution in [2.24, 2.45) is 0 Å². The largest absolute Gasteiger partial charge is 0.403 e. The van der Waals surface area contributed by atoms with Gasteiger partial charge in [0.2, 0.25) is 5.91 Å². The highest BCUT2D eigenvalue weighted by atomic mass is 35.5. The van der Waals surface area contributed by atoms with Crippen LogP contribution in [0.25, 0.3) is 11.5 Å². The number of hydrogen-bond donors (Lipinski definition) is 1. The second-order valence-electron chi connectivity index (χ2n) is 5.46. The number of halogens is 2. The van der Waals surface area contributed by atoms with Crippen LogP contribution in [0.4, 0.5) is 10.4 Å². The fourth-order valence-electron chi connectivity index (χ4n) is 2.19. The zero-order chi connectivity index (χ0) is 19.4. The zero-order valence-electron chi connectivity index (χ0n) is 13.7. The molecule has 0 aliphatic carbocycles. The first kappa shape index (κ1) is 19.0. The Morgan fingerprint density at radius 3 is 2.52 bits per heavy atom. The number of amides is 1. The maximum Gasteiger partial charge on any atom is 0.322 e. The molecule has 140 valence electrons. The van der Waals surface area contributed by atoms with E-state index in [9.17, 15) is 17.6 Å². The third kappa shape index (κ3) is 4.69. The number of sulfone groups is 1. The molecule has 1 heterocycles. The maximum atomic E-state index is 12.9. The second kappa shape index (κ2) is 7.85. The van der Waals surface area contributed by atoms with E-state index in [4.69, 9.17) is 16.0 Å². The van der Waals surface area contributed by atoms with Gasteiger partial charge in [-0.05, 0) is 36.4 Å². The Morgan fingerprint density at radius 2 is 1.81 bits per heavy atom. The Hall–Kier alpha value is -2.78. The Bertz CT molecular complexity index is 1070. The predicted molar refractivity (Wildman–Crippen MR) is 96.4 cm³/mol. The van der Waals surface area contributed by atoms with Crippen molar-refractivity contribution in [3.8, 4) is 11.5 Å². The molecule has 7 nitrogen and oxygen atoms in total. The highest BCUT2D eigenvalue weighted by molar-refractivity contribution is 7.91. The second-order valence-corrected chi connectivity index (χ2v) is 7.98. The molecular formula is C17H13ClFN3O4S. The Labute approximate surface area is 159 Å². The molecule has 2 aromatic carbocycles. The summed E-state index contributed by atoms with van der Waals surface area (Å²) in [6.07, 6.45) is -0.330. The van der Waals surface area contributed by atoms with Crippen molar-refractivity contribution in [2.75, 3.05) is 11.1 Å². The number of nitrogens with one attached hydrogen (secondary N) is 1. The van der Waals surface area contributed by atoms with Crippen molar-refractivity contribution >= 4 is 33.4 Å². The van der Waals surface area contributed by atoms with E-state index < -0.39 is 27.3 Å². The minimum absolute atomic E-state index is 0.0597. The van der Waals surface area contributed by atoms with Gasteiger partial charge in [-0.25, -0.2) is 12.8 Å². The number of carbonyl (C=O) groups is 1. The molecule has 1 aromatic heterocycles. The molecule has 0 unspecified atom stereocenters. The monoisotopic (exact) mass is 409 g/mol. The molecular weight excluding hydrogens is 397 g/mol. The molecule has 1 amide bonds. The molecule has 0 saturated heterocycles. The Morgan fingerprint density at radius 1 is 1.11 bits per heavy atom. The van der Waals surface area contributed by atoms with Crippen LogP contribution in [0.1, 0.15) is 6.42 Å². The summed E-state index contributed by atoms with van der Waals surface area (Å²) in [6, 6.07) is 11.0. The number of aromatic nitrogens is 2. The SMILES string of the molecule is O=C(CCS(=O)(=O)c1ccc(F)cc1)Nc1nnc(-c2ccccc2Cl)o1. The van der Waals surface area contributed by atoms with Crippen LogP contribution < -0.4 is 5.32 Å². The quantitative estimate of drug-likeness (QED) is 0.626.